The van der Waals surface area contributed by atoms with E-state index >= 15 is 0 Å². The number of likely N-dealkylation sites (tertiary alicyclic amines) is 1. The maximum Gasteiger partial charge on any atom is 0.309 e. The van der Waals surface area contributed by atoms with E-state index < -0.39 is 5.97 Å². The smallest absolute Gasteiger partial charge is 0.309 e. The van der Waals surface area contributed by atoms with Gasteiger partial charge in [0.1, 0.15) is 0 Å². The van der Waals surface area contributed by atoms with Gasteiger partial charge in [-0.25, -0.2) is 0 Å². The highest BCUT2D eigenvalue weighted by atomic mass is 16.4. The second-order valence-corrected chi connectivity index (χ2v) is 3.77. The Hall–Kier alpha value is -0.570. The molecule has 3 nitrogen and oxygen atoms in total. The maximum atomic E-state index is 10.5. The van der Waals surface area contributed by atoms with Crippen LogP contribution >= 0.6 is 0 Å². The lowest BCUT2D eigenvalue weighted by Crippen LogP contribution is -2.51. The molecule has 12 heavy (non-hydrogen) atoms. The van der Waals surface area contributed by atoms with E-state index in [-0.39, 0.29) is 5.92 Å². The number of aliphatic carboxylic acids is 1. The summed E-state index contributed by atoms with van der Waals surface area (Å²) >= 11 is 0. The molecular weight excluding hydrogens is 154 g/mol. The van der Waals surface area contributed by atoms with Crippen molar-refractivity contribution < 1.29 is 9.90 Å². The van der Waals surface area contributed by atoms with E-state index in [1.807, 2.05) is 0 Å². The van der Waals surface area contributed by atoms with E-state index in [9.17, 15) is 4.79 Å². The van der Waals surface area contributed by atoms with Gasteiger partial charge < -0.3 is 10.0 Å². The molecule has 70 valence electrons. The Morgan fingerprint density at radius 1 is 1.67 bits per heavy atom. The SMILES string of the molecule is CCC(C)CN1CC(C(=O)O)C1. The molecule has 0 amide bonds. The van der Waals surface area contributed by atoms with Crippen molar-refractivity contribution in [2.45, 2.75) is 20.3 Å². The molecule has 0 saturated carbocycles. The van der Waals surface area contributed by atoms with Crippen LogP contribution < -0.4 is 0 Å². The van der Waals surface area contributed by atoms with Gasteiger partial charge in [0.05, 0.1) is 5.92 Å². The Bertz CT molecular complexity index is 164. The van der Waals surface area contributed by atoms with Gasteiger partial charge in [0.25, 0.3) is 0 Å². The summed E-state index contributed by atoms with van der Waals surface area (Å²) in [5.41, 5.74) is 0. The Morgan fingerprint density at radius 2 is 2.25 bits per heavy atom. The molecule has 1 unspecified atom stereocenters. The Labute approximate surface area is 73.4 Å². The number of carbonyl (C=O) groups is 1. The monoisotopic (exact) mass is 171 g/mol. The van der Waals surface area contributed by atoms with Crippen LogP contribution in [0.5, 0.6) is 0 Å². The summed E-state index contributed by atoms with van der Waals surface area (Å²) in [5.74, 6) is -0.0517. The van der Waals surface area contributed by atoms with E-state index in [2.05, 4.69) is 18.7 Å². The van der Waals surface area contributed by atoms with Gasteiger partial charge in [0, 0.05) is 19.6 Å². The van der Waals surface area contributed by atoms with Crippen molar-refractivity contribution in [2.75, 3.05) is 19.6 Å². The molecule has 1 N–H and O–H groups in total. The minimum atomic E-state index is -0.643. The average Bonchev–Trinajstić information content (AvgIpc) is 1.94. The van der Waals surface area contributed by atoms with Gasteiger partial charge in [0.2, 0.25) is 0 Å². The fraction of sp³-hybridized carbons (Fsp3) is 0.889. The van der Waals surface area contributed by atoms with Crippen LogP contribution in [0.15, 0.2) is 0 Å². The van der Waals surface area contributed by atoms with Gasteiger partial charge in [-0.1, -0.05) is 20.3 Å². The molecular formula is C9H17NO2. The molecule has 0 aromatic rings. The fourth-order valence-corrected chi connectivity index (χ4v) is 1.45. The van der Waals surface area contributed by atoms with E-state index in [1.54, 1.807) is 0 Å². The number of carboxylic acids is 1. The fourth-order valence-electron chi connectivity index (χ4n) is 1.45. The Morgan fingerprint density at radius 3 is 2.67 bits per heavy atom. The number of hydrogen-bond acceptors (Lipinski definition) is 2. The number of hydrogen-bond donors (Lipinski definition) is 1. The van der Waals surface area contributed by atoms with Crippen molar-refractivity contribution in [3.63, 3.8) is 0 Å². The lowest BCUT2D eigenvalue weighted by Gasteiger charge is -2.38. The lowest BCUT2D eigenvalue weighted by atomic mass is 9.98. The van der Waals surface area contributed by atoms with Gasteiger partial charge in [0.15, 0.2) is 0 Å². The number of nitrogens with zero attached hydrogens (tertiary/aromatic N) is 1. The molecule has 3 heteroatoms. The van der Waals surface area contributed by atoms with Crippen LogP contribution in [0.25, 0.3) is 0 Å². The predicted octanol–water partition coefficient (Wildman–Crippen LogP) is 1.05. The van der Waals surface area contributed by atoms with Crippen LogP contribution in [0.4, 0.5) is 0 Å². The Kier molecular flexibility index (Phi) is 3.09. The summed E-state index contributed by atoms with van der Waals surface area (Å²) in [6.07, 6.45) is 1.17. The molecule has 0 aromatic heterocycles. The largest absolute Gasteiger partial charge is 0.481 e. The molecule has 1 aliphatic heterocycles. The summed E-state index contributed by atoms with van der Waals surface area (Å²) < 4.78 is 0. The van der Waals surface area contributed by atoms with E-state index in [4.69, 9.17) is 5.11 Å². The minimum Gasteiger partial charge on any atom is -0.481 e. The van der Waals surface area contributed by atoms with Crippen molar-refractivity contribution in [1.29, 1.82) is 0 Å². The molecule has 1 atom stereocenters. The Balaban J connectivity index is 2.13. The molecule has 0 spiro atoms. The first-order valence-electron chi connectivity index (χ1n) is 4.58. The highest BCUT2D eigenvalue weighted by molar-refractivity contribution is 5.71. The van der Waals surface area contributed by atoms with Crippen LogP contribution in [0.1, 0.15) is 20.3 Å². The third-order valence-electron chi connectivity index (χ3n) is 2.57. The van der Waals surface area contributed by atoms with Gasteiger partial charge in [-0.15, -0.1) is 0 Å². The summed E-state index contributed by atoms with van der Waals surface area (Å²) in [4.78, 5) is 12.7. The highest BCUT2D eigenvalue weighted by Gasteiger charge is 2.32. The van der Waals surface area contributed by atoms with Crippen LogP contribution in [-0.2, 0) is 4.79 Å². The molecule has 1 saturated heterocycles. The van der Waals surface area contributed by atoms with Crippen molar-refractivity contribution in [2.24, 2.45) is 11.8 Å². The lowest BCUT2D eigenvalue weighted by molar-refractivity contribution is -0.147. The highest BCUT2D eigenvalue weighted by Crippen LogP contribution is 2.17. The quantitative estimate of drug-likeness (QED) is 0.687. The first-order chi connectivity index (χ1) is 5.63. The average molecular weight is 171 g/mol. The van der Waals surface area contributed by atoms with Crippen LogP contribution in [0.2, 0.25) is 0 Å². The normalized spacial score (nSPS) is 21.8. The minimum absolute atomic E-state index is 0.103. The first-order valence-corrected chi connectivity index (χ1v) is 4.58. The summed E-state index contributed by atoms with van der Waals surface area (Å²) in [6, 6.07) is 0. The second kappa shape index (κ2) is 3.90. The first kappa shape index (κ1) is 9.52. The van der Waals surface area contributed by atoms with Crippen molar-refractivity contribution in [3.8, 4) is 0 Å². The zero-order valence-corrected chi connectivity index (χ0v) is 7.79. The summed E-state index contributed by atoms with van der Waals surface area (Å²) in [7, 11) is 0. The topological polar surface area (TPSA) is 40.5 Å². The zero-order chi connectivity index (χ0) is 9.14. The molecule has 0 aromatic carbocycles. The van der Waals surface area contributed by atoms with Crippen molar-refractivity contribution in [3.05, 3.63) is 0 Å². The molecule has 1 aliphatic rings. The predicted molar refractivity (Wildman–Crippen MR) is 47.0 cm³/mol. The molecule has 0 bridgehead atoms. The molecule has 1 heterocycles. The molecule has 0 radical (unpaired) electrons. The van der Waals surface area contributed by atoms with Gasteiger partial charge in [-0.2, -0.15) is 0 Å². The van der Waals surface area contributed by atoms with Crippen molar-refractivity contribution in [1.82, 2.24) is 4.90 Å². The summed E-state index contributed by atoms with van der Waals surface area (Å²) in [5, 5.41) is 8.62. The third kappa shape index (κ3) is 2.21. The van der Waals surface area contributed by atoms with Gasteiger partial charge >= 0.3 is 5.97 Å². The van der Waals surface area contributed by atoms with E-state index in [0.29, 0.717) is 5.92 Å². The zero-order valence-electron chi connectivity index (χ0n) is 7.79. The summed E-state index contributed by atoms with van der Waals surface area (Å²) in [6.45, 7) is 6.92. The second-order valence-electron chi connectivity index (χ2n) is 3.77. The van der Waals surface area contributed by atoms with Gasteiger partial charge in [-0.3, -0.25) is 4.79 Å². The molecule has 0 aliphatic carbocycles. The van der Waals surface area contributed by atoms with Crippen LogP contribution in [0.3, 0.4) is 0 Å². The molecule has 1 fully saturated rings. The number of rotatable bonds is 4. The van der Waals surface area contributed by atoms with Crippen LogP contribution in [-0.4, -0.2) is 35.6 Å². The van der Waals surface area contributed by atoms with Gasteiger partial charge in [-0.05, 0) is 5.92 Å². The van der Waals surface area contributed by atoms with E-state index in [0.717, 1.165) is 19.6 Å². The van der Waals surface area contributed by atoms with Crippen molar-refractivity contribution >= 4 is 5.97 Å². The van der Waals surface area contributed by atoms with Crippen LogP contribution in [0, 0.1) is 11.8 Å². The number of carboxylic acid groups (broad SMARTS) is 1. The third-order valence-corrected chi connectivity index (χ3v) is 2.57. The van der Waals surface area contributed by atoms with E-state index in [1.165, 1.54) is 6.42 Å². The molecule has 1 rings (SSSR count). The maximum absolute atomic E-state index is 10.5. The standard InChI is InChI=1S/C9H17NO2/c1-3-7(2)4-10-5-8(6-10)9(11)12/h7-8H,3-6H2,1-2H3,(H,11,12).